The first-order chi connectivity index (χ1) is 7.15. The van der Waals surface area contributed by atoms with Gasteiger partial charge in [0, 0.05) is 17.6 Å². The number of aromatic nitrogens is 2. The zero-order valence-electron chi connectivity index (χ0n) is 9.01. The van der Waals surface area contributed by atoms with E-state index in [0.29, 0.717) is 5.16 Å². The summed E-state index contributed by atoms with van der Waals surface area (Å²) in [6.45, 7) is 3.80. The molecule has 2 atom stereocenters. The van der Waals surface area contributed by atoms with Crippen LogP contribution in [-0.4, -0.2) is 28.3 Å². The lowest BCUT2D eigenvalue weighted by atomic mass is 10.1. The third-order valence-electron chi connectivity index (χ3n) is 2.11. The van der Waals surface area contributed by atoms with E-state index in [1.54, 1.807) is 18.5 Å². The first kappa shape index (κ1) is 12.0. The van der Waals surface area contributed by atoms with Gasteiger partial charge in [0.2, 0.25) is 0 Å². The van der Waals surface area contributed by atoms with Gasteiger partial charge in [-0.25, -0.2) is 9.97 Å². The topological polar surface area (TPSA) is 52.1 Å². The number of esters is 1. The SMILES string of the molecule is COC(=O)C(C)C(C)Sc1ncccn1. The highest BCUT2D eigenvalue weighted by Crippen LogP contribution is 2.25. The van der Waals surface area contributed by atoms with Crippen molar-refractivity contribution in [2.24, 2.45) is 5.92 Å². The standard InChI is InChI=1S/C10H14N2O2S/c1-7(9(13)14-3)8(2)15-10-11-5-4-6-12-10/h4-8H,1-3H3. The minimum Gasteiger partial charge on any atom is -0.469 e. The maximum Gasteiger partial charge on any atom is 0.309 e. The molecular formula is C10H14N2O2S. The van der Waals surface area contributed by atoms with Crippen LogP contribution in [0, 0.1) is 5.92 Å². The van der Waals surface area contributed by atoms with E-state index < -0.39 is 0 Å². The number of thioether (sulfide) groups is 1. The second kappa shape index (κ2) is 5.70. The Morgan fingerprint density at radius 2 is 2.00 bits per heavy atom. The molecule has 0 aliphatic rings. The summed E-state index contributed by atoms with van der Waals surface area (Å²) in [4.78, 5) is 19.4. The van der Waals surface area contributed by atoms with Crippen molar-refractivity contribution in [1.29, 1.82) is 0 Å². The molecule has 1 aromatic heterocycles. The molecule has 0 N–H and O–H groups in total. The van der Waals surface area contributed by atoms with Gasteiger partial charge in [0.05, 0.1) is 13.0 Å². The number of carbonyl (C=O) groups excluding carboxylic acids is 1. The van der Waals surface area contributed by atoms with Crippen molar-refractivity contribution >= 4 is 17.7 Å². The number of methoxy groups -OCH3 is 1. The van der Waals surface area contributed by atoms with Gasteiger partial charge in [-0.2, -0.15) is 0 Å². The molecule has 0 saturated carbocycles. The summed E-state index contributed by atoms with van der Waals surface area (Å²) in [6.07, 6.45) is 3.37. The molecule has 5 heteroatoms. The van der Waals surface area contributed by atoms with Gasteiger partial charge in [0.25, 0.3) is 0 Å². The Labute approximate surface area is 93.5 Å². The molecule has 0 spiro atoms. The number of hydrogen-bond acceptors (Lipinski definition) is 5. The van der Waals surface area contributed by atoms with E-state index in [1.165, 1.54) is 18.9 Å². The molecule has 0 aromatic carbocycles. The molecule has 0 radical (unpaired) electrons. The molecule has 0 aliphatic carbocycles. The van der Waals surface area contributed by atoms with E-state index in [2.05, 4.69) is 14.7 Å². The van der Waals surface area contributed by atoms with Gasteiger partial charge < -0.3 is 4.74 Å². The van der Waals surface area contributed by atoms with Crippen molar-refractivity contribution < 1.29 is 9.53 Å². The molecule has 4 nitrogen and oxygen atoms in total. The van der Waals surface area contributed by atoms with E-state index in [-0.39, 0.29) is 17.1 Å². The van der Waals surface area contributed by atoms with Crippen LogP contribution in [0.1, 0.15) is 13.8 Å². The van der Waals surface area contributed by atoms with Crippen molar-refractivity contribution in [2.45, 2.75) is 24.3 Å². The zero-order chi connectivity index (χ0) is 11.3. The lowest BCUT2D eigenvalue weighted by Crippen LogP contribution is -2.22. The smallest absolute Gasteiger partial charge is 0.309 e. The fourth-order valence-electron chi connectivity index (χ4n) is 0.992. The van der Waals surface area contributed by atoms with Crippen LogP contribution < -0.4 is 0 Å². The number of rotatable bonds is 4. The zero-order valence-corrected chi connectivity index (χ0v) is 9.82. The van der Waals surface area contributed by atoms with Gasteiger partial charge in [-0.1, -0.05) is 25.6 Å². The molecule has 15 heavy (non-hydrogen) atoms. The van der Waals surface area contributed by atoms with Crippen LogP contribution in [0.25, 0.3) is 0 Å². The summed E-state index contributed by atoms with van der Waals surface area (Å²) in [7, 11) is 1.40. The third kappa shape index (κ3) is 3.51. The average Bonchev–Trinajstić information content (AvgIpc) is 2.28. The van der Waals surface area contributed by atoms with Crippen LogP contribution in [-0.2, 0) is 9.53 Å². The first-order valence-corrected chi connectivity index (χ1v) is 5.54. The molecule has 2 unspecified atom stereocenters. The third-order valence-corrected chi connectivity index (χ3v) is 3.31. The summed E-state index contributed by atoms with van der Waals surface area (Å²) in [6, 6.07) is 1.76. The molecule has 1 rings (SSSR count). The monoisotopic (exact) mass is 226 g/mol. The summed E-state index contributed by atoms with van der Waals surface area (Å²) < 4.78 is 4.68. The Kier molecular flexibility index (Phi) is 4.55. The summed E-state index contributed by atoms with van der Waals surface area (Å²) in [5.74, 6) is -0.366. The van der Waals surface area contributed by atoms with E-state index in [4.69, 9.17) is 0 Å². The number of ether oxygens (including phenoxy) is 1. The summed E-state index contributed by atoms with van der Waals surface area (Å²) in [5, 5.41) is 0.778. The molecule has 0 aliphatic heterocycles. The predicted molar refractivity (Wildman–Crippen MR) is 58.5 cm³/mol. The highest BCUT2D eigenvalue weighted by molar-refractivity contribution is 7.99. The van der Waals surface area contributed by atoms with Gasteiger partial charge in [-0.15, -0.1) is 0 Å². The normalized spacial score (nSPS) is 14.3. The van der Waals surface area contributed by atoms with E-state index >= 15 is 0 Å². The maximum atomic E-state index is 11.3. The Bertz CT molecular complexity index is 318. The minimum absolute atomic E-state index is 0.0971. The molecular weight excluding hydrogens is 212 g/mol. The lowest BCUT2D eigenvalue weighted by molar-refractivity contribution is -0.144. The fourth-order valence-corrected chi connectivity index (χ4v) is 1.88. The van der Waals surface area contributed by atoms with Crippen LogP contribution in [0.5, 0.6) is 0 Å². The van der Waals surface area contributed by atoms with E-state index in [9.17, 15) is 4.79 Å². The average molecular weight is 226 g/mol. The van der Waals surface area contributed by atoms with Gasteiger partial charge in [-0.3, -0.25) is 4.79 Å². The lowest BCUT2D eigenvalue weighted by Gasteiger charge is -2.15. The van der Waals surface area contributed by atoms with Crippen molar-refractivity contribution in [1.82, 2.24) is 9.97 Å². The molecule has 1 heterocycles. The second-order valence-electron chi connectivity index (χ2n) is 3.17. The molecule has 0 amide bonds. The highest BCUT2D eigenvalue weighted by Gasteiger charge is 2.22. The Morgan fingerprint density at radius 1 is 1.40 bits per heavy atom. The Balaban J connectivity index is 2.56. The van der Waals surface area contributed by atoms with E-state index in [0.717, 1.165) is 0 Å². The van der Waals surface area contributed by atoms with Crippen molar-refractivity contribution in [3.05, 3.63) is 18.5 Å². The molecule has 0 saturated heterocycles. The van der Waals surface area contributed by atoms with E-state index in [1.807, 2.05) is 13.8 Å². The largest absolute Gasteiger partial charge is 0.469 e. The highest BCUT2D eigenvalue weighted by atomic mass is 32.2. The second-order valence-corrected chi connectivity index (χ2v) is 4.51. The Hall–Kier alpha value is -1.10. The first-order valence-electron chi connectivity index (χ1n) is 4.66. The molecule has 0 fully saturated rings. The number of carbonyl (C=O) groups is 1. The van der Waals surface area contributed by atoms with Crippen LogP contribution in [0.3, 0.4) is 0 Å². The fraction of sp³-hybridized carbons (Fsp3) is 0.500. The summed E-state index contributed by atoms with van der Waals surface area (Å²) >= 11 is 1.47. The predicted octanol–water partition coefficient (Wildman–Crippen LogP) is 1.77. The summed E-state index contributed by atoms with van der Waals surface area (Å²) in [5.41, 5.74) is 0. The molecule has 1 aromatic rings. The minimum atomic E-state index is -0.203. The van der Waals surface area contributed by atoms with Crippen LogP contribution in [0.4, 0.5) is 0 Å². The quantitative estimate of drug-likeness (QED) is 0.445. The number of nitrogens with zero attached hydrogens (tertiary/aromatic N) is 2. The van der Waals surface area contributed by atoms with Crippen LogP contribution >= 0.6 is 11.8 Å². The van der Waals surface area contributed by atoms with Crippen molar-refractivity contribution in [2.75, 3.05) is 7.11 Å². The Morgan fingerprint density at radius 3 is 2.53 bits per heavy atom. The van der Waals surface area contributed by atoms with Gasteiger partial charge in [0.1, 0.15) is 0 Å². The van der Waals surface area contributed by atoms with Gasteiger partial charge in [-0.05, 0) is 6.07 Å². The van der Waals surface area contributed by atoms with Crippen molar-refractivity contribution in [3.63, 3.8) is 0 Å². The molecule has 0 bridgehead atoms. The van der Waals surface area contributed by atoms with Crippen molar-refractivity contribution in [3.8, 4) is 0 Å². The van der Waals surface area contributed by atoms with Gasteiger partial charge >= 0.3 is 5.97 Å². The van der Waals surface area contributed by atoms with Gasteiger partial charge in [0.15, 0.2) is 5.16 Å². The number of hydrogen-bond donors (Lipinski definition) is 0. The van der Waals surface area contributed by atoms with Crippen LogP contribution in [0.15, 0.2) is 23.6 Å². The molecule has 82 valence electrons. The van der Waals surface area contributed by atoms with Crippen LogP contribution in [0.2, 0.25) is 0 Å². The maximum absolute atomic E-state index is 11.3.